The van der Waals surface area contributed by atoms with Crippen LogP contribution in [0.15, 0.2) is 41.2 Å². The Hall–Kier alpha value is -2.36. The highest BCUT2D eigenvalue weighted by Gasteiger charge is 2.29. The van der Waals surface area contributed by atoms with Crippen molar-refractivity contribution in [2.75, 3.05) is 6.54 Å². The molecule has 4 heteroatoms. The number of carbonyl (C=O) groups excluding carboxylic acids is 1. The van der Waals surface area contributed by atoms with Gasteiger partial charge in [0.2, 0.25) is 0 Å². The summed E-state index contributed by atoms with van der Waals surface area (Å²) >= 11 is 0. The first-order valence-electron chi connectivity index (χ1n) is 9.32. The van der Waals surface area contributed by atoms with Gasteiger partial charge in [-0.25, -0.2) is 0 Å². The number of hydrogen-bond acceptors (Lipinski definition) is 2. The fourth-order valence-electron chi connectivity index (χ4n) is 4.19. The second-order valence-corrected chi connectivity index (χ2v) is 7.21. The lowest BCUT2D eigenvalue weighted by atomic mass is 9.95. The van der Waals surface area contributed by atoms with Crippen molar-refractivity contribution >= 4 is 5.91 Å². The van der Waals surface area contributed by atoms with Gasteiger partial charge < -0.3 is 9.88 Å². The fraction of sp³-hybridized carbons (Fsp3) is 0.429. The molecule has 1 aliphatic carbocycles. The van der Waals surface area contributed by atoms with Gasteiger partial charge in [-0.05, 0) is 62.1 Å². The predicted octanol–water partition coefficient (Wildman–Crippen LogP) is 3.10. The lowest BCUT2D eigenvalue weighted by Crippen LogP contribution is -2.46. The van der Waals surface area contributed by atoms with Crippen LogP contribution in [-0.4, -0.2) is 28.4 Å². The van der Waals surface area contributed by atoms with Crippen molar-refractivity contribution in [2.45, 2.75) is 51.0 Å². The number of pyridine rings is 1. The molecular weight excluding hydrogens is 312 g/mol. The highest BCUT2D eigenvalue weighted by Crippen LogP contribution is 2.24. The Morgan fingerprint density at radius 3 is 2.80 bits per heavy atom. The van der Waals surface area contributed by atoms with E-state index in [2.05, 4.69) is 17.1 Å². The Labute approximate surface area is 147 Å². The number of likely N-dealkylation sites (tertiary alicyclic amines) is 1. The van der Waals surface area contributed by atoms with Crippen molar-refractivity contribution < 1.29 is 4.79 Å². The summed E-state index contributed by atoms with van der Waals surface area (Å²) in [7, 11) is 0. The van der Waals surface area contributed by atoms with Gasteiger partial charge in [0.05, 0.1) is 0 Å². The average Bonchev–Trinajstić information content (AvgIpc) is 3.09. The number of hydrogen-bond donors (Lipinski definition) is 1. The third-order valence-electron chi connectivity index (χ3n) is 5.52. The smallest absolute Gasteiger partial charge is 0.261 e. The molecule has 0 radical (unpaired) electrons. The summed E-state index contributed by atoms with van der Waals surface area (Å²) in [6.07, 6.45) is 6.95. The molecule has 0 bridgehead atoms. The molecule has 1 aromatic carbocycles. The SMILES string of the molecule is O=C(c1cc2c([nH]c1=O)CCC2)N1CCCCC1Cc1ccccc1. The molecule has 1 aliphatic heterocycles. The Morgan fingerprint density at radius 1 is 1.12 bits per heavy atom. The van der Waals surface area contributed by atoms with Crippen molar-refractivity contribution in [2.24, 2.45) is 0 Å². The summed E-state index contributed by atoms with van der Waals surface area (Å²) in [5, 5.41) is 0. The van der Waals surface area contributed by atoms with Gasteiger partial charge in [0.15, 0.2) is 0 Å². The maximum Gasteiger partial charge on any atom is 0.261 e. The summed E-state index contributed by atoms with van der Waals surface area (Å²) in [6.45, 7) is 0.743. The van der Waals surface area contributed by atoms with E-state index in [0.717, 1.165) is 62.7 Å². The van der Waals surface area contributed by atoms with E-state index >= 15 is 0 Å². The summed E-state index contributed by atoms with van der Waals surface area (Å²) in [5.41, 5.74) is 3.49. The summed E-state index contributed by atoms with van der Waals surface area (Å²) in [6, 6.07) is 12.3. The van der Waals surface area contributed by atoms with Crippen LogP contribution in [0, 0.1) is 0 Å². The third kappa shape index (κ3) is 3.26. The van der Waals surface area contributed by atoms with Gasteiger partial charge in [-0.15, -0.1) is 0 Å². The predicted molar refractivity (Wildman–Crippen MR) is 97.9 cm³/mol. The number of nitrogens with zero attached hydrogens (tertiary/aromatic N) is 1. The van der Waals surface area contributed by atoms with E-state index in [4.69, 9.17) is 0 Å². The molecule has 4 nitrogen and oxygen atoms in total. The van der Waals surface area contributed by atoms with Gasteiger partial charge in [-0.2, -0.15) is 0 Å². The Kier molecular flexibility index (Phi) is 4.43. The molecule has 2 heterocycles. The van der Waals surface area contributed by atoms with E-state index in [1.807, 2.05) is 29.2 Å². The van der Waals surface area contributed by atoms with Crippen molar-refractivity contribution in [1.82, 2.24) is 9.88 Å². The molecule has 25 heavy (non-hydrogen) atoms. The minimum Gasteiger partial charge on any atom is -0.335 e. The van der Waals surface area contributed by atoms with Crippen molar-refractivity contribution in [1.29, 1.82) is 0 Å². The number of amides is 1. The fourth-order valence-corrected chi connectivity index (χ4v) is 4.19. The Morgan fingerprint density at radius 2 is 1.96 bits per heavy atom. The van der Waals surface area contributed by atoms with Crippen LogP contribution in [0.4, 0.5) is 0 Å². The standard InChI is InChI=1S/C21H24N2O2/c24-20-18(14-16-9-6-11-19(16)22-20)21(25)23-12-5-4-10-17(23)13-15-7-2-1-3-8-15/h1-3,7-8,14,17H,4-6,9-13H2,(H,22,24). The molecule has 1 amide bonds. The van der Waals surface area contributed by atoms with E-state index in [-0.39, 0.29) is 17.5 Å². The van der Waals surface area contributed by atoms with Gasteiger partial charge in [0, 0.05) is 18.3 Å². The van der Waals surface area contributed by atoms with Crippen LogP contribution in [0.3, 0.4) is 0 Å². The van der Waals surface area contributed by atoms with E-state index in [9.17, 15) is 9.59 Å². The molecule has 1 atom stereocenters. The van der Waals surface area contributed by atoms with Crippen LogP contribution in [0.2, 0.25) is 0 Å². The number of aromatic amines is 1. The number of carbonyl (C=O) groups is 1. The molecular formula is C21H24N2O2. The first-order chi connectivity index (χ1) is 12.2. The Bertz CT molecular complexity index is 826. The number of piperidine rings is 1. The van der Waals surface area contributed by atoms with Crippen molar-refractivity contribution in [3.05, 3.63) is 69.1 Å². The van der Waals surface area contributed by atoms with Crippen LogP contribution >= 0.6 is 0 Å². The highest BCUT2D eigenvalue weighted by atomic mass is 16.2. The van der Waals surface area contributed by atoms with E-state index < -0.39 is 0 Å². The first-order valence-corrected chi connectivity index (χ1v) is 9.32. The molecule has 130 valence electrons. The molecule has 1 unspecified atom stereocenters. The number of rotatable bonds is 3. The van der Waals surface area contributed by atoms with E-state index in [1.165, 1.54) is 5.56 Å². The van der Waals surface area contributed by atoms with E-state index in [1.54, 1.807) is 0 Å². The second-order valence-electron chi connectivity index (χ2n) is 7.21. The monoisotopic (exact) mass is 336 g/mol. The minimum atomic E-state index is -0.227. The van der Waals surface area contributed by atoms with Crippen LogP contribution in [-0.2, 0) is 19.3 Å². The summed E-state index contributed by atoms with van der Waals surface area (Å²) in [5.74, 6) is -0.100. The molecule has 1 fully saturated rings. The zero-order chi connectivity index (χ0) is 17.2. The molecule has 1 aromatic heterocycles. The molecule has 4 rings (SSSR count). The highest BCUT2D eigenvalue weighted by molar-refractivity contribution is 5.94. The molecule has 1 N–H and O–H groups in total. The molecule has 1 saturated heterocycles. The summed E-state index contributed by atoms with van der Waals surface area (Å²) in [4.78, 5) is 30.4. The van der Waals surface area contributed by atoms with Crippen LogP contribution in [0.25, 0.3) is 0 Å². The lowest BCUT2D eigenvalue weighted by molar-refractivity contribution is 0.0611. The average molecular weight is 336 g/mol. The maximum atomic E-state index is 13.1. The molecule has 2 aliphatic rings. The van der Waals surface area contributed by atoms with Crippen molar-refractivity contribution in [3.8, 4) is 0 Å². The quantitative estimate of drug-likeness (QED) is 0.936. The van der Waals surface area contributed by atoms with Gasteiger partial charge >= 0.3 is 0 Å². The Balaban J connectivity index is 1.60. The number of fused-ring (bicyclic) bond motifs is 1. The second kappa shape index (κ2) is 6.87. The molecule has 0 spiro atoms. The third-order valence-corrected chi connectivity index (χ3v) is 5.52. The minimum absolute atomic E-state index is 0.100. The maximum absolute atomic E-state index is 13.1. The number of benzene rings is 1. The zero-order valence-corrected chi connectivity index (χ0v) is 14.5. The van der Waals surface area contributed by atoms with Gasteiger partial charge in [-0.1, -0.05) is 30.3 Å². The van der Waals surface area contributed by atoms with Crippen LogP contribution in [0.1, 0.15) is 52.9 Å². The largest absolute Gasteiger partial charge is 0.335 e. The topological polar surface area (TPSA) is 53.2 Å². The van der Waals surface area contributed by atoms with Gasteiger partial charge in [0.25, 0.3) is 11.5 Å². The number of aromatic nitrogens is 1. The number of nitrogens with one attached hydrogen (secondary N) is 1. The summed E-state index contributed by atoms with van der Waals surface area (Å²) < 4.78 is 0. The molecule has 0 saturated carbocycles. The molecule has 2 aromatic rings. The lowest BCUT2D eigenvalue weighted by Gasteiger charge is -2.36. The zero-order valence-electron chi connectivity index (χ0n) is 14.5. The van der Waals surface area contributed by atoms with Crippen LogP contribution in [0.5, 0.6) is 0 Å². The van der Waals surface area contributed by atoms with E-state index in [0.29, 0.717) is 5.56 Å². The van der Waals surface area contributed by atoms with Gasteiger partial charge in [-0.3, -0.25) is 9.59 Å². The van der Waals surface area contributed by atoms with Crippen molar-refractivity contribution in [3.63, 3.8) is 0 Å². The van der Waals surface area contributed by atoms with Crippen LogP contribution < -0.4 is 5.56 Å². The first kappa shape index (κ1) is 16.1. The number of aryl methyl sites for hydroxylation is 2. The van der Waals surface area contributed by atoms with Gasteiger partial charge in [0.1, 0.15) is 5.56 Å². The number of H-pyrrole nitrogens is 1. The normalized spacial score (nSPS) is 19.7.